The molecule has 0 saturated heterocycles. The average molecular weight is 295 g/mol. The summed E-state index contributed by atoms with van der Waals surface area (Å²) in [6.07, 6.45) is 0. The quantitative estimate of drug-likeness (QED) is 0.640. The Labute approximate surface area is 128 Å². The van der Waals surface area contributed by atoms with Crippen molar-refractivity contribution in [2.75, 3.05) is 12.8 Å². The van der Waals surface area contributed by atoms with Crippen molar-refractivity contribution in [2.45, 2.75) is 6.54 Å². The molecule has 0 fully saturated rings. The Bertz CT molecular complexity index is 797. The molecular formula is C16H17N5O. The number of hydrogen-bond acceptors (Lipinski definition) is 5. The van der Waals surface area contributed by atoms with Crippen LogP contribution in [0.15, 0.2) is 42.5 Å². The first-order valence-electron chi connectivity index (χ1n) is 6.87. The van der Waals surface area contributed by atoms with Gasteiger partial charge in [-0.05, 0) is 35.9 Å². The highest BCUT2D eigenvalue weighted by atomic mass is 16.5. The minimum atomic E-state index is 0.385. The summed E-state index contributed by atoms with van der Waals surface area (Å²) < 4.78 is 5.22. The summed E-state index contributed by atoms with van der Waals surface area (Å²) in [4.78, 5) is 4.53. The van der Waals surface area contributed by atoms with Gasteiger partial charge in [-0.3, -0.25) is 5.10 Å². The molecule has 2 aromatic carbocycles. The molecule has 0 aliphatic carbocycles. The van der Waals surface area contributed by atoms with E-state index in [2.05, 4.69) is 15.2 Å². The van der Waals surface area contributed by atoms with E-state index < -0.39 is 0 Å². The molecule has 0 bridgehead atoms. The number of nitrogens with zero attached hydrogens (tertiary/aromatic N) is 2. The van der Waals surface area contributed by atoms with Gasteiger partial charge in [-0.2, -0.15) is 5.10 Å². The van der Waals surface area contributed by atoms with Crippen LogP contribution in [0.3, 0.4) is 0 Å². The first-order chi connectivity index (χ1) is 10.7. The van der Waals surface area contributed by atoms with E-state index in [1.54, 1.807) is 7.11 Å². The van der Waals surface area contributed by atoms with Crippen LogP contribution in [0.25, 0.3) is 22.8 Å². The summed E-state index contributed by atoms with van der Waals surface area (Å²) in [7, 11) is 1.63. The van der Waals surface area contributed by atoms with Crippen molar-refractivity contribution < 1.29 is 4.74 Å². The molecule has 0 saturated carbocycles. The smallest absolute Gasteiger partial charge is 0.181 e. The minimum Gasteiger partial charge on any atom is -0.497 e. The van der Waals surface area contributed by atoms with E-state index in [0.29, 0.717) is 23.9 Å². The molecule has 1 heterocycles. The van der Waals surface area contributed by atoms with E-state index in [1.807, 2.05) is 42.5 Å². The van der Waals surface area contributed by atoms with E-state index in [9.17, 15) is 0 Å². The van der Waals surface area contributed by atoms with E-state index in [1.165, 1.54) is 0 Å². The summed E-state index contributed by atoms with van der Waals surface area (Å²) in [6.45, 7) is 0.385. The Morgan fingerprint density at radius 2 is 2.00 bits per heavy atom. The highest BCUT2D eigenvalue weighted by molar-refractivity contribution is 5.65. The fourth-order valence-corrected chi connectivity index (χ4v) is 2.21. The van der Waals surface area contributed by atoms with Crippen molar-refractivity contribution in [1.29, 1.82) is 0 Å². The second kappa shape index (κ2) is 5.87. The van der Waals surface area contributed by atoms with E-state index in [4.69, 9.17) is 16.2 Å². The lowest BCUT2D eigenvalue weighted by Gasteiger charge is -2.04. The van der Waals surface area contributed by atoms with Crippen LogP contribution >= 0.6 is 0 Å². The second-order valence-electron chi connectivity index (χ2n) is 4.86. The fourth-order valence-electron chi connectivity index (χ4n) is 2.21. The average Bonchev–Trinajstić information content (AvgIpc) is 3.05. The highest BCUT2D eigenvalue weighted by Gasteiger charge is 2.10. The number of nitrogen functional groups attached to an aromatic ring is 1. The van der Waals surface area contributed by atoms with Gasteiger partial charge in [0.2, 0.25) is 0 Å². The van der Waals surface area contributed by atoms with Crippen molar-refractivity contribution in [3.05, 3.63) is 48.0 Å². The SMILES string of the molecule is COc1cccc(-c2n[nH]c(-c3ccc(N)c(CN)c3)n2)c1. The van der Waals surface area contributed by atoms with Crippen LogP contribution < -0.4 is 16.2 Å². The number of anilines is 1. The van der Waals surface area contributed by atoms with Crippen LogP contribution in [-0.2, 0) is 6.54 Å². The van der Waals surface area contributed by atoms with Gasteiger partial charge in [0.15, 0.2) is 11.6 Å². The number of hydrogen-bond donors (Lipinski definition) is 3. The molecule has 0 amide bonds. The number of ether oxygens (including phenoxy) is 1. The normalized spacial score (nSPS) is 10.6. The number of aromatic nitrogens is 3. The number of rotatable bonds is 4. The molecule has 112 valence electrons. The standard InChI is InChI=1S/C16H17N5O/c1-22-13-4-2-3-10(8-13)15-19-16(21-20-15)11-5-6-14(18)12(7-11)9-17/h2-8H,9,17-18H2,1H3,(H,19,20,21). The van der Waals surface area contributed by atoms with Crippen LogP contribution in [0, 0.1) is 0 Å². The van der Waals surface area contributed by atoms with Gasteiger partial charge in [0.05, 0.1) is 7.11 Å². The molecular weight excluding hydrogens is 278 g/mol. The van der Waals surface area contributed by atoms with Crippen molar-refractivity contribution in [1.82, 2.24) is 15.2 Å². The molecule has 6 heteroatoms. The molecule has 0 radical (unpaired) electrons. The molecule has 0 unspecified atom stereocenters. The van der Waals surface area contributed by atoms with Crippen LogP contribution in [-0.4, -0.2) is 22.3 Å². The molecule has 1 aromatic heterocycles. The Balaban J connectivity index is 1.96. The van der Waals surface area contributed by atoms with Crippen LogP contribution in [0.1, 0.15) is 5.56 Å². The van der Waals surface area contributed by atoms with Crippen LogP contribution in [0.5, 0.6) is 5.75 Å². The van der Waals surface area contributed by atoms with Crippen molar-refractivity contribution in [3.63, 3.8) is 0 Å². The van der Waals surface area contributed by atoms with E-state index in [-0.39, 0.29) is 0 Å². The summed E-state index contributed by atoms with van der Waals surface area (Å²) in [5.74, 6) is 2.05. The molecule has 0 aliphatic rings. The molecule has 6 nitrogen and oxygen atoms in total. The minimum absolute atomic E-state index is 0.385. The molecule has 3 aromatic rings. The molecule has 0 atom stereocenters. The monoisotopic (exact) mass is 295 g/mol. The van der Waals surface area contributed by atoms with Gasteiger partial charge < -0.3 is 16.2 Å². The zero-order valence-electron chi connectivity index (χ0n) is 12.2. The van der Waals surface area contributed by atoms with Crippen LogP contribution in [0.2, 0.25) is 0 Å². The highest BCUT2D eigenvalue weighted by Crippen LogP contribution is 2.25. The maximum absolute atomic E-state index is 5.87. The lowest BCUT2D eigenvalue weighted by atomic mass is 10.1. The summed E-state index contributed by atoms with van der Waals surface area (Å²) in [6, 6.07) is 13.2. The van der Waals surface area contributed by atoms with Gasteiger partial charge in [0, 0.05) is 23.4 Å². The predicted octanol–water partition coefficient (Wildman–Crippen LogP) is 2.19. The molecule has 0 aliphatic heterocycles. The van der Waals surface area contributed by atoms with Gasteiger partial charge >= 0.3 is 0 Å². The second-order valence-corrected chi connectivity index (χ2v) is 4.86. The number of aromatic amines is 1. The maximum Gasteiger partial charge on any atom is 0.181 e. The number of nitrogens with one attached hydrogen (secondary N) is 1. The zero-order chi connectivity index (χ0) is 15.5. The van der Waals surface area contributed by atoms with Gasteiger partial charge in [0.25, 0.3) is 0 Å². The van der Waals surface area contributed by atoms with Crippen molar-refractivity contribution in [2.24, 2.45) is 5.73 Å². The molecule has 3 rings (SSSR count). The first kappa shape index (κ1) is 14.1. The summed E-state index contributed by atoms with van der Waals surface area (Å²) in [5, 5.41) is 7.21. The topological polar surface area (TPSA) is 103 Å². The third-order valence-corrected chi connectivity index (χ3v) is 3.45. The molecule has 0 spiro atoms. The Hall–Kier alpha value is -2.86. The molecule has 22 heavy (non-hydrogen) atoms. The lowest BCUT2D eigenvalue weighted by molar-refractivity contribution is 0.415. The first-order valence-corrected chi connectivity index (χ1v) is 6.87. The summed E-state index contributed by atoms with van der Waals surface area (Å²) in [5.41, 5.74) is 14.9. The Morgan fingerprint density at radius 1 is 1.14 bits per heavy atom. The van der Waals surface area contributed by atoms with Gasteiger partial charge in [-0.15, -0.1) is 0 Å². The largest absolute Gasteiger partial charge is 0.497 e. The molecule has 5 N–H and O–H groups in total. The zero-order valence-corrected chi connectivity index (χ0v) is 12.2. The third kappa shape index (κ3) is 2.64. The maximum atomic E-state index is 5.87. The van der Waals surface area contributed by atoms with Gasteiger partial charge in [-0.25, -0.2) is 4.98 Å². The predicted molar refractivity (Wildman–Crippen MR) is 86.1 cm³/mol. The Morgan fingerprint density at radius 3 is 2.77 bits per heavy atom. The van der Waals surface area contributed by atoms with Crippen molar-refractivity contribution in [3.8, 4) is 28.5 Å². The number of methoxy groups -OCH3 is 1. The number of benzene rings is 2. The van der Waals surface area contributed by atoms with Gasteiger partial charge in [-0.1, -0.05) is 12.1 Å². The number of nitrogens with two attached hydrogens (primary N) is 2. The van der Waals surface area contributed by atoms with Crippen LogP contribution in [0.4, 0.5) is 5.69 Å². The fraction of sp³-hybridized carbons (Fsp3) is 0.125. The third-order valence-electron chi connectivity index (χ3n) is 3.45. The Kier molecular flexibility index (Phi) is 3.76. The van der Waals surface area contributed by atoms with E-state index >= 15 is 0 Å². The number of H-pyrrole nitrogens is 1. The summed E-state index contributed by atoms with van der Waals surface area (Å²) >= 11 is 0. The van der Waals surface area contributed by atoms with E-state index in [0.717, 1.165) is 22.4 Å². The van der Waals surface area contributed by atoms with Gasteiger partial charge in [0.1, 0.15) is 5.75 Å². The van der Waals surface area contributed by atoms with Crippen molar-refractivity contribution >= 4 is 5.69 Å². The lowest BCUT2D eigenvalue weighted by Crippen LogP contribution is -2.01.